The predicted molar refractivity (Wildman–Crippen MR) is 93.4 cm³/mol. The van der Waals surface area contributed by atoms with Crippen LogP contribution < -0.4 is 5.32 Å². The van der Waals surface area contributed by atoms with Gasteiger partial charge in [0.05, 0.1) is 15.1 Å². The lowest BCUT2D eigenvalue weighted by Crippen LogP contribution is -2.21. The Hall–Kier alpha value is -2.43. The van der Waals surface area contributed by atoms with E-state index in [0.29, 0.717) is 16.9 Å². The fraction of sp³-hybridized carbons (Fsp3) is 0.375. The van der Waals surface area contributed by atoms with Crippen LogP contribution in [0.15, 0.2) is 22.7 Å². The van der Waals surface area contributed by atoms with Crippen molar-refractivity contribution in [3.8, 4) is 0 Å². The summed E-state index contributed by atoms with van der Waals surface area (Å²) in [6.45, 7) is 1.20. The number of carbonyl (C=O) groups excluding carboxylic acids is 1. The molecule has 2 aromatic rings. The number of non-ortho nitro benzene ring substituents is 1. The molecule has 1 fully saturated rings. The molecule has 0 aliphatic heterocycles. The van der Waals surface area contributed by atoms with Crippen LogP contribution >= 0.6 is 15.9 Å². The summed E-state index contributed by atoms with van der Waals surface area (Å²) in [5, 5.41) is 16.9. The second-order valence-electron chi connectivity index (χ2n) is 6.28. The molecule has 1 amide bonds. The molecule has 11 heteroatoms. The average molecular weight is 447 g/mol. The zero-order valence-corrected chi connectivity index (χ0v) is 15.6. The number of nitro benzene ring substituents is 1. The van der Waals surface area contributed by atoms with Gasteiger partial charge in [0, 0.05) is 23.7 Å². The van der Waals surface area contributed by atoms with Gasteiger partial charge in [0.2, 0.25) is 5.91 Å². The Labute approximate surface area is 159 Å². The summed E-state index contributed by atoms with van der Waals surface area (Å²) in [4.78, 5) is 22.5. The van der Waals surface area contributed by atoms with Crippen LogP contribution in [0.5, 0.6) is 0 Å². The lowest BCUT2D eigenvalue weighted by Gasteiger charge is -2.10. The van der Waals surface area contributed by atoms with E-state index in [1.807, 2.05) is 0 Å². The highest BCUT2D eigenvalue weighted by Gasteiger charge is 2.41. The average Bonchev–Trinajstić information content (AvgIpc) is 3.32. The van der Waals surface area contributed by atoms with Crippen LogP contribution in [0.2, 0.25) is 0 Å². The molecule has 144 valence electrons. The summed E-state index contributed by atoms with van der Waals surface area (Å²) < 4.78 is 40.3. The van der Waals surface area contributed by atoms with Crippen molar-refractivity contribution < 1.29 is 22.9 Å². The van der Waals surface area contributed by atoms with E-state index < -0.39 is 29.2 Å². The van der Waals surface area contributed by atoms with Crippen LogP contribution in [-0.2, 0) is 17.5 Å². The number of nitrogens with one attached hydrogen (secondary N) is 1. The van der Waals surface area contributed by atoms with E-state index in [9.17, 15) is 28.1 Å². The number of benzene rings is 1. The summed E-state index contributed by atoms with van der Waals surface area (Å²) in [5.41, 5.74) is 0.00684. The summed E-state index contributed by atoms with van der Waals surface area (Å²) >= 11 is 2.97. The normalized spacial score (nSPS) is 14.3. The van der Waals surface area contributed by atoms with Crippen LogP contribution in [0.3, 0.4) is 0 Å². The Kier molecular flexibility index (Phi) is 4.98. The van der Waals surface area contributed by atoms with Crippen molar-refractivity contribution >= 4 is 33.2 Å². The number of hydrogen-bond acceptors (Lipinski definition) is 4. The van der Waals surface area contributed by atoms with Gasteiger partial charge in [-0.15, -0.1) is 0 Å². The molecule has 1 aliphatic rings. The predicted octanol–water partition coefficient (Wildman–Crippen LogP) is 4.40. The first kappa shape index (κ1) is 19.3. The standard InChI is InChI=1S/C16H14BrF3N4O3/c1-8-6-10(24(26)27)4-5-11(8)21-12(25)7-23-14(9-2-3-9)13(17)15(22-23)16(18,19)20/h4-6,9H,2-3,7H2,1H3,(H,21,25). The third-order valence-corrected chi connectivity index (χ3v) is 4.93. The summed E-state index contributed by atoms with van der Waals surface area (Å²) in [6, 6.07) is 3.93. The van der Waals surface area contributed by atoms with E-state index in [4.69, 9.17) is 0 Å². The Balaban J connectivity index is 1.81. The van der Waals surface area contributed by atoms with E-state index in [1.165, 1.54) is 18.2 Å². The molecule has 0 bridgehead atoms. The SMILES string of the molecule is Cc1cc([N+](=O)[O-])ccc1NC(=O)Cn1nc(C(F)(F)F)c(Br)c1C1CC1. The van der Waals surface area contributed by atoms with E-state index in [0.717, 1.165) is 17.5 Å². The second-order valence-corrected chi connectivity index (χ2v) is 7.08. The number of nitrogens with zero attached hydrogens (tertiary/aromatic N) is 3. The number of carbonyl (C=O) groups is 1. The fourth-order valence-corrected chi connectivity index (χ4v) is 3.56. The van der Waals surface area contributed by atoms with Gasteiger partial charge < -0.3 is 5.32 Å². The first-order chi connectivity index (χ1) is 12.6. The largest absolute Gasteiger partial charge is 0.436 e. The van der Waals surface area contributed by atoms with Crippen molar-refractivity contribution in [2.75, 3.05) is 5.32 Å². The highest BCUT2D eigenvalue weighted by Crippen LogP contribution is 2.46. The first-order valence-electron chi connectivity index (χ1n) is 7.96. The van der Waals surface area contributed by atoms with Crippen LogP contribution in [0.1, 0.15) is 35.7 Å². The van der Waals surface area contributed by atoms with Crippen molar-refractivity contribution in [1.29, 1.82) is 0 Å². The highest BCUT2D eigenvalue weighted by atomic mass is 79.9. The molecular formula is C16H14BrF3N4O3. The maximum Gasteiger partial charge on any atom is 0.436 e. The molecule has 1 aliphatic carbocycles. The molecule has 0 radical (unpaired) electrons. The van der Waals surface area contributed by atoms with Crippen molar-refractivity contribution in [2.24, 2.45) is 0 Å². The number of amides is 1. The minimum atomic E-state index is -4.63. The Morgan fingerprint density at radius 3 is 2.63 bits per heavy atom. The number of aromatic nitrogens is 2. The molecule has 0 unspecified atom stereocenters. The van der Waals surface area contributed by atoms with Crippen LogP contribution in [0, 0.1) is 17.0 Å². The third-order valence-electron chi connectivity index (χ3n) is 4.15. The Morgan fingerprint density at radius 2 is 2.11 bits per heavy atom. The molecule has 1 saturated carbocycles. The van der Waals surface area contributed by atoms with Gasteiger partial charge in [-0.25, -0.2) is 0 Å². The monoisotopic (exact) mass is 446 g/mol. The summed E-state index contributed by atoms with van der Waals surface area (Å²) in [5.74, 6) is -0.630. The van der Waals surface area contributed by atoms with Crippen LogP contribution in [-0.4, -0.2) is 20.6 Å². The lowest BCUT2D eigenvalue weighted by molar-refractivity contribution is -0.384. The second kappa shape index (κ2) is 6.95. The van der Waals surface area contributed by atoms with Gasteiger partial charge in [-0.1, -0.05) is 0 Å². The molecule has 1 aromatic carbocycles. The van der Waals surface area contributed by atoms with Crippen molar-refractivity contribution in [2.45, 2.75) is 38.4 Å². The van der Waals surface area contributed by atoms with Gasteiger partial charge in [0.1, 0.15) is 6.54 Å². The number of anilines is 1. The van der Waals surface area contributed by atoms with Crippen LogP contribution in [0.25, 0.3) is 0 Å². The number of hydrogen-bond donors (Lipinski definition) is 1. The van der Waals surface area contributed by atoms with Crippen LogP contribution in [0.4, 0.5) is 24.5 Å². The number of aryl methyl sites for hydroxylation is 1. The van der Waals surface area contributed by atoms with E-state index in [-0.39, 0.29) is 16.1 Å². The number of alkyl halides is 3. The highest BCUT2D eigenvalue weighted by molar-refractivity contribution is 9.10. The zero-order valence-electron chi connectivity index (χ0n) is 14.0. The molecule has 3 rings (SSSR count). The molecule has 1 aromatic heterocycles. The molecule has 1 N–H and O–H groups in total. The maximum atomic E-state index is 13.1. The molecule has 0 spiro atoms. The minimum absolute atomic E-state index is 0.0584. The Bertz CT molecular complexity index is 922. The topological polar surface area (TPSA) is 90.1 Å². The molecule has 1 heterocycles. The fourth-order valence-electron chi connectivity index (χ4n) is 2.73. The maximum absolute atomic E-state index is 13.1. The van der Waals surface area contributed by atoms with Gasteiger partial charge in [0.25, 0.3) is 5.69 Å². The lowest BCUT2D eigenvalue weighted by atomic mass is 10.2. The number of halogens is 4. The number of rotatable bonds is 5. The van der Waals surface area contributed by atoms with Crippen molar-refractivity contribution in [3.05, 3.63) is 49.7 Å². The molecule has 27 heavy (non-hydrogen) atoms. The molecular weight excluding hydrogens is 433 g/mol. The van der Waals surface area contributed by atoms with Gasteiger partial charge in [-0.05, 0) is 47.3 Å². The minimum Gasteiger partial charge on any atom is -0.324 e. The summed E-state index contributed by atoms with van der Waals surface area (Å²) in [6.07, 6.45) is -3.14. The summed E-state index contributed by atoms with van der Waals surface area (Å²) in [7, 11) is 0. The van der Waals surface area contributed by atoms with Crippen molar-refractivity contribution in [1.82, 2.24) is 9.78 Å². The van der Waals surface area contributed by atoms with Gasteiger partial charge in [0.15, 0.2) is 5.69 Å². The third kappa shape index (κ3) is 4.12. The van der Waals surface area contributed by atoms with Gasteiger partial charge in [-0.3, -0.25) is 19.6 Å². The smallest absolute Gasteiger partial charge is 0.324 e. The van der Waals surface area contributed by atoms with Gasteiger partial charge in [-0.2, -0.15) is 18.3 Å². The van der Waals surface area contributed by atoms with E-state index in [1.54, 1.807) is 6.92 Å². The zero-order chi connectivity index (χ0) is 19.9. The van der Waals surface area contributed by atoms with Crippen molar-refractivity contribution in [3.63, 3.8) is 0 Å². The molecule has 7 nitrogen and oxygen atoms in total. The Morgan fingerprint density at radius 1 is 1.44 bits per heavy atom. The molecule has 0 atom stereocenters. The molecule has 0 saturated heterocycles. The quantitative estimate of drug-likeness (QED) is 0.544. The van der Waals surface area contributed by atoms with E-state index >= 15 is 0 Å². The van der Waals surface area contributed by atoms with E-state index in [2.05, 4.69) is 26.3 Å². The first-order valence-corrected chi connectivity index (χ1v) is 8.75. The number of nitro groups is 1. The van der Waals surface area contributed by atoms with Gasteiger partial charge >= 0.3 is 6.18 Å².